The molecule has 0 spiro atoms. The summed E-state index contributed by atoms with van der Waals surface area (Å²) in [5.74, 6) is 0.975. The standard InChI is InChI=1S/C17H33N3O/c1-3-20-12-8-14(9-13-20)7-11-19-16(21)15-6-4-5-10-17(15,2)18/h14-15H,3-13,18H2,1-2H3,(H,19,21). The lowest BCUT2D eigenvalue weighted by Crippen LogP contribution is -2.53. The van der Waals surface area contributed by atoms with Crippen LogP contribution in [-0.2, 0) is 4.79 Å². The second-order valence-electron chi connectivity index (χ2n) is 7.26. The van der Waals surface area contributed by atoms with Gasteiger partial charge in [0.15, 0.2) is 0 Å². The number of rotatable bonds is 5. The molecule has 2 rings (SSSR count). The third-order valence-corrected chi connectivity index (χ3v) is 5.58. The Morgan fingerprint density at radius 3 is 2.62 bits per heavy atom. The van der Waals surface area contributed by atoms with Crippen molar-refractivity contribution in [3.63, 3.8) is 0 Å². The van der Waals surface area contributed by atoms with Gasteiger partial charge in [-0.05, 0) is 64.6 Å². The van der Waals surface area contributed by atoms with E-state index >= 15 is 0 Å². The van der Waals surface area contributed by atoms with Crippen LogP contribution in [0.15, 0.2) is 0 Å². The van der Waals surface area contributed by atoms with Gasteiger partial charge in [0, 0.05) is 12.1 Å². The van der Waals surface area contributed by atoms with Crippen molar-refractivity contribution in [2.75, 3.05) is 26.2 Å². The van der Waals surface area contributed by atoms with Gasteiger partial charge in [-0.15, -0.1) is 0 Å². The van der Waals surface area contributed by atoms with Crippen molar-refractivity contribution in [1.29, 1.82) is 0 Å². The van der Waals surface area contributed by atoms with Gasteiger partial charge >= 0.3 is 0 Å². The molecule has 3 N–H and O–H groups in total. The minimum absolute atomic E-state index is 0.00758. The highest BCUT2D eigenvalue weighted by atomic mass is 16.1. The van der Waals surface area contributed by atoms with E-state index < -0.39 is 0 Å². The zero-order chi connectivity index (χ0) is 15.3. The van der Waals surface area contributed by atoms with E-state index in [2.05, 4.69) is 17.1 Å². The van der Waals surface area contributed by atoms with Gasteiger partial charge in [-0.3, -0.25) is 4.79 Å². The summed E-state index contributed by atoms with van der Waals surface area (Å²) < 4.78 is 0. The highest BCUT2D eigenvalue weighted by Gasteiger charge is 2.37. The Morgan fingerprint density at radius 2 is 2.00 bits per heavy atom. The van der Waals surface area contributed by atoms with Gasteiger partial charge in [-0.25, -0.2) is 0 Å². The Hall–Kier alpha value is -0.610. The number of nitrogens with one attached hydrogen (secondary N) is 1. The number of nitrogens with zero attached hydrogens (tertiary/aromatic N) is 1. The summed E-state index contributed by atoms with van der Waals surface area (Å²) in [5, 5.41) is 3.15. The third kappa shape index (κ3) is 4.68. The van der Waals surface area contributed by atoms with Crippen LogP contribution in [0.25, 0.3) is 0 Å². The number of nitrogens with two attached hydrogens (primary N) is 1. The molecule has 1 aliphatic heterocycles. The first-order valence-corrected chi connectivity index (χ1v) is 8.82. The van der Waals surface area contributed by atoms with E-state index in [0.717, 1.165) is 44.6 Å². The highest BCUT2D eigenvalue weighted by Crippen LogP contribution is 2.31. The molecular formula is C17H33N3O. The van der Waals surface area contributed by atoms with Crippen LogP contribution in [0.1, 0.15) is 58.8 Å². The second-order valence-corrected chi connectivity index (χ2v) is 7.26. The molecule has 1 saturated carbocycles. The van der Waals surface area contributed by atoms with E-state index in [4.69, 9.17) is 5.73 Å². The molecule has 1 heterocycles. The number of carbonyl (C=O) groups is 1. The first-order valence-electron chi connectivity index (χ1n) is 8.82. The van der Waals surface area contributed by atoms with E-state index in [1.807, 2.05) is 6.92 Å². The highest BCUT2D eigenvalue weighted by molar-refractivity contribution is 5.80. The van der Waals surface area contributed by atoms with E-state index in [0.29, 0.717) is 0 Å². The second kappa shape index (κ2) is 7.59. The SMILES string of the molecule is CCN1CCC(CCNC(=O)C2CCCCC2(C)N)CC1. The Morgan fingerprint density at radius 1 is 1.29 bits per heavy atom. The maximum Gasteiger partial charge on any atom is 0.224 e. The average molecular weight is 295 g/mol. The van der Waals surface area contributed by atoms with Crippen molar-refractivity contribution in [1.82, 2.24) is 10.2 Å². The zero-order valence-electron chi connectivity index (χ0n) is 13.9. The number of hydrogen-bond acceptors (Lipinski definition) is 3. The van der Waals surface area contributed by atoms with Crippen LogP contribution < -0.4 is 11.1 Å². The van der Waals surface area contributed by atoms with Gasteiger partial charge in [-0.1, -0.05) is 19.8 Å². The summed E-state index contributed by atoms with van der Waals surface area (Å²) in [6.45, 7) is 8.70. The lowest BCUT2D eigenvalue weighted by molar-refractivity contribution is -0.128. The predicted octanol–water partition coefficient (Wildman–Crippen LogP) is 2.13. The fourth-order valence-corrected chi connectivity index (χ4v) is 3.90. The topological polar surface area (TPSA) is 58.4 Å². The predicted molar refractivity (Wildman–Crippen MR) is 87.0 cm³/mol. The molecule has 1 amide bonds. The molecule has 1 saturated heterocycles. The minimum Gasteiger partial charge on any atom is -0.356 e. The molecule has 0 aromatic heterocycles. The van der Waals surface area contributed by atoms with E-state index in [1.54, 1.807) is 0 Å². The Labute approximate surface area is 129 Å². The molecule has 1 aliphatic carbocycles. The normalized spacial score (nSPS) is 32.0. The van der Waals surface area contributed by atoms with Gasteiger partial charge in [0.05, 0.1) is 5.92 Å². The molecule has 2 atom stereocenters. The fourth-order valence-electron chi connectivity index (χ4n) is 3.90. The van der Waals surface area contributed by atoms with Crippen molar-refractivity contribution in [2.45, 2.75) is 64.3 Å². The molecule has 4 heteroatoms. The number of likely N-dealkylation sites (tertiary alicyclic amines) is 1. The molecular weight excluding hydrogens is 262 g/mol. The smallest absolute Gasteiger partial charge is 0.224 e. The molecule has 122 valence electrons. The molecule has 2 unspecified atom stereocenters. The van der Waals surface area contributed by atoms with Crippen molar-refractivity contribution in [3.8, 4) is 0 Å². The van der Waals surface area contributed by atoms with Crippen molar-refractivity contribution in [3.05, 3.63) is 0 Å². The van der Waals surface area contributed by atoms with Gasteiger partial charge in [0.2, 0.25) is 5.91 Å². The summed E-state index contributed by atoms with van der Waals surface area (Å²) in [7, 11) is 0. The van der Waals surface area contributed by atoms with Gasteiger partial charge < -0.3 is 16.0 Å². The molecule has 4 nitrogen and oxygen atoms in total. The third-order valence-electron chi connectivity index (χ3n) is 5.58. The van der Waals surface area contributed by atoms with Gasteiger partial charge in [0.1, 0.15) is 0 Å². The summed E-state index contributed by atoms with van der Waals surface area (Å²) in [6, 6.07) is 0. The van der Waals surface area contributed by atoms with Gasteiger partial charge in [0.25, 0.3) is 0 Å². The van der Waals surface area contributed by atoms with Crippen LogP contribution in [0.2, 0.25) is 0 Å². The summed E-state index contributed by atoms with van der Waals surface area (Å²) in [5.41, 5.74) is 5.99. The van der Waals surface area contributed by atoms with E-state index in [-0.39, 0.29) is 17.4 Å². The fraction of sp³-hybridized carbons (Fsp3) is 0.941. The number of piperidine rings is 1. The first-order chi connectivity index (χ1) is 10.0. The lowest BCUT2D eigenvalue weighted by Gasteiger charge is -2.37. The minimum atomic E-state index is -0.311. The molecule has 21 heavy (non-hydrogen) atoms. The molecule has 2 fully saturated rings. The van der Waals surface area contributed by atoms with Crippen molar-refractivity contribution >= 4 is 5.91 Å². The largest absolute Gasteiger partial charge is 0.356 e. The van der Waals surface area contributed by atoms with E-state index in [1.165, 1.54) is 32.5 Å². The lowest BCUT2D eigenvalue weighted by atomic mass is 9.74. The quantitative estimate of drug-likeness (QED) is 0.817. The maximum absolute atomic E-state index is 12.4. The Balaban J connectivity index is 1.67. The molecule has 0 bridgehead atoms. The van der Waals surface area contributed by atoms with Gasteiger partial charge in [-0.2, -0.15) is 0 Å². The molecule has 2 aliphatic rings. The Bertz CT molecular complexity index is 335. The molecule has 0 radical (unpaired) electrons. The van der Waals surface area contributed by atoms with Crippen LogP contribution in [0, 0.1) is 11.8 Å². The zero-order valence-corrected chi connectivity index (χ0v) is 13.9. The molecule has 0 aromatic carbocycles. The summed E-state index contributed by atoms with van der Waals surface area (Å²) in [4.78, 5) is 14.9. The van der Waals surface area contributed by atoms with Crippen LogP contribution in [0.4, 0.5) is 0 Å². The number of amides is 1. The summed E-state index contributed by atoms with van der Waals surface area (Å²) in [6.07, 6.45) is 7.90. The van der Waals surface area contributed by atoms with Crippen molar-refractivity contribution < 1.29 is 4.79 Å². The van der Waals surface area contributed by atoms with Crippen LogP contribution in [-0.4, -0.2) is 42.5 Å². The van der Waals surface area contributed by atoms with Crippen molar-refractivity contribution in [2.24, 2.45) is 17.6 Å². The van der Waals surface area contributed by atoms with Crippen LogP contribution >= 0.6 is 0 Å². The number of hydrogen-bond donors (Lipinski definition) is 2. The molecule has 0 aromatic rings. The first kappa shape index (κ1) is 16.8. The maximum atomic E-state index is 12.4. The van der Waals surface area contributed by atoms with E-state index in [9.17, 15) is 4.79 Å². The summed E-state index contributed by atoms with van der Waals surface area (Å²) >= 11 is 0. The number of carbonyl (C=O) groups excluding carboxylic acids is 1. The van der Waals surface area contributed by atoms with Crippen LogP contribution in [0.3, 0.4) is 0 Å². The monoisotopic (exact) mass is 295 g/mol. The average Bonchev–Trinajstić information content (AvgIpc) is 2.47. The van der Waals surface area contributed by atoms with Crippen LogP contribution in [0.5, 0.6) is 0 Å². The Kier molecular flexibility index (Phi) is 6.06.